The van der Waals surface area contributed by atoms with Crippen LogP contribution in [0.4, 0.5) is 10.6 Å². The zero-order chi connectivity index (χ0) is 15.5. The van der Waals surface area contributed by atoms with E-state index in [1.54, 1.807) is 13.1 Å². The van der Waals surface area contributed by atoms with Crippen molar-refractivity contribution in [3.63, 3.8) is 0 Å². The third kappa shape index (κ3) is 4.40. The number of nitrogens with one attached hydrogen (secondary N) is 1. The van der Waals surface area contributed by atoms with E-state index in [2.05, 4.69) is 30.9 Å². The molecule has 0 unspecified atom stereocenters. The molecule has 0 atom stereocenters. The highest BCUT2D eigenvalue weighted by molar-refractivity contribution is 5.89. The summed E-state index contributed by atoms with van der Waals surface area (Å²) in [6.07, 6.45) is 0.774. The van der Waals surface area contributed by atoms with Crippen LogP contribution in [0.15, 0.2) is 22.9 Å². The summed E-state index contributed by atoms with van der Waals surface area (Å²) in [5.41, 5.74) is 0.639. The van der Waals surface area contributed by atoms with Crippen molar-refractivity contribution in [3.05, 3.63) is 24.1 Å². The molecule has 112 valence electrons. The van der Waals surface area contributed by atoms with E-state index in [4.69, 9.17) is 4.52 Å². The molecule has 0 aliphatic carbocycles. The van der Waals surface area contributed by atoms with E-state index < -0.39 is 0 Å². The van der Waals surface area contributed by atoms with Crippen LogP contribution in [0.25, 0.3) is 0 Å². The zero-order valence-electron chi connectivity index (χ0n) is 13.3. The van der Waals surface area contributed by atoms with Gasteiger partial charge in [0.05, 0.1) is 0 Å². The molecule has 20 heavy (non-hydrogen) atoms. The Bertz CT molecular complexity index is 484. The lowest BCUT2D eigenvalue weighted by atomic mass is 9.93. The first kappa shape index (κ1) is 16.3. The van der Waals surface area contributed by atoms with Crippen LogP contribution in [0.1, 0.15) is 46.8 Å². The largest absolute Gasteiger partial charge is 0.359 e. The zero-order valence-corrected chi connectivity index (χ0v) is 13.3. The SMILES string of the molecule is C=C(CC(C)C)N(C)C(=O)Nc1cc(C(C)(C)C)on1. The second kappa shape index (κ2) is 6.11. The van der Waals surface area contributed by atoms with E-state index in [9.17, 15) is 4.79 Å². The fourth-order valence-electron chi connectivity index (χ4n) is 1.63. The van der Waals surface area contributed by atoms with Gasteiger partial charge in [-0.3, -0.25) is 5.32 Å². The quantitative estimate of drug-likeness (QED) is 0.906. The molecule has 0 aliphatic heterocycles. The van der Waals surface area contributed by atoms with Crippen molar-refractivity contribution in [1.82, 2.24) is 10.1 Å². The Morgan fingerprint density at radius 1 is 1.50 bits per heavy atom. The molecule has 5 nitrogen and oxygen atoms in total. The first-order valence-electron chi connectivity index (χ1n) is 6.81. The lowest BCUT2D eigenvalue weighted by molar-refractivity contribution is 0.230. The lowest BCUT2D eigenvalue weighted by Crippen LogP contribution is -2.31. The van der Waals surface area contributed by atoms with Gasteiger partial charge in [0.1, 0.15) is 5.76 Å². The maximum absolute atomic E-state index is 12.1. The molecule has 0 fully saturated rings. The summed E-state index contributed by atoms with van der Waals surface area (Å²) in [5, 5.41) is 6.57. The molecule has 5 heteroatoms. The van der Waals surface area contributed by atoms with E-state index in [0.29, 0.717) is 11.7 Å². The van der Waals surface area contributed by atoms with Crippen LogP contribution < -0.4 is 5.32 Å². The first-order valence-corrected chi connectivity index (χ1v) is 6.81. The number of nitrogens with zero attached hydrogens (tertiary/aromatic N) is 2. The Morgan fingerprint density at radius 2 is 2.10 bits per heavy atom. The van der Waals surface area contributed by atoms with Crippen LogP contribution >= 0.6 is 0 Å². The van der Waals surface area contributed by atoms with Gasteiger partial charge in [0.2, 0.25) is 0 Å². The minimum absolute atomic E-state index is 0.136. The highest BCUT2D eigenvalue weighted by Gasteiger charge is 2.21. The lowest BCUT2D eigenvalue weighted by Gasteiger charge is -2.20. The Hall–Kier alpha value is -1.78. The second-order valence-electron chi connectivity index (χ2n) is 6.48. The summed E-state index contributed by atoms with van der Waals surface area (Å²) < 4.78 is 5.23. The molecule has 0 bridgehead atoms. The van der Waals surface area contributed by atoms with E-state index in [1.807, 2.05) is 20.8 Å². The molecule has 0 aromatic carbocycles. The maximum atomic E-state index is 12.1. The number of anilines is 1. The molecule has 1 aromatic rings. The highest BCUT2D eigenvalue weighted by Crippen LogP contribution is 2.24. The molecule has 0 aliphatic rings. The Kier molecular flexibility index (Phi) is 4.98. The second-order valence-corrected chi connectivity index (χ2v) is 6.48. The topological polar surface area (TPSA) is 58.4 Å². The van der Waals surface area contributed by atoms with Crippen molar-refractivity contribution in [2.24, 2.45) is 5.92 Å². The minimum Gasteiger partial charge on any atom is -0.359 e. The monoisotopic (exact) mass is 279 g/mol. The van der Waals surface area contributed by atoms with Crippen LogP contribution in [0, 0.1) is 5.92 Å². The predicted octanol–water partition coefficient (Wildman–Crippen LogP) is 4.00. The minimum atomic E-state index is -0.260. The number of allylic oxidation sites excluding steroid dienone is 1. The van der Waals surface area contributed by atoms with Crippen molar-refractivity contribution < 1.29 is 9.32 Å². The number of urea groups is 1. The van der Waals surface area contributed by atoms with Gasteiger partial charge in [-0.25, -0.2) is 4.79 Å². The van der Waals surface area contributed by atoms with Crippen LogP contribution in [0.2, 0.25) is 0 Å². The first-order chi connectivity index (χ1) is 9.11. The molecule has 0 saturated heterocycles. The molecular weight excluding hydrogens is 254 g/mol. The van der Waals surface area contributed by atoms with E-state index in [-0.39, 0.29) is 11.4 Å². The van der Waals surface area contributed by atoms with Crippen LogP contribution in [0.5, 0.6) is 0 Å². The highest BCUT2D eigenvalue weighted by atomic mass is 16.5. The number of aromatic nitrogens is 1. The Balaban J connectivity index is 2.66. The Labute approximate surface area is 121 Å². The van der Waals surface area contributed by atoms with Gasteiger partial charge in [-0.2, -0.15) is 0 Å². The molecule has 0 spiro atoms. The molecule has 0 saturated carbocycles. The number of rotatable bonds is 4. The summed E-state index contributed by atoms with van der Waals surface area (Å²) in [4.78, 5) is 13.6. The standard InChI is InChI=1S/C15H25N3O2/c1-10(2)8-11(3)18(7)14(19)16-13-9-12(20-17-13)15(4,5)6/h9-10H,3,8H2,1-2,4-7H3,(H,16,17,19). The van der Waals surface area contributed by atoms with Crippen LogP contribution in [0.3, 0.4) is 0 Å². The van der Waals surface area contributed by atoms with Crippen molar-refractivity contribution in [2.45, 2.75) is 46.5 Å². The average molecular weight is 279 g/mol. The summed E-state index contributed by atoms with van der Waals surface area (Å²) in [6.45, 7) is 14.2. The fraction of sp³-hybridized carbons (Fsp3) is 0.600. The molecule has 1 rings (SSSR count). The van der Waals surface area contributed by atoms with Gasteiger partial charge in [-0.15, -0.1) is 0 Å². The Morgan fingerprint density at radius 3 is 2.55 bits per heavy atom. The average Bonchev–Trinajstić information content (AvgIpc) is 2.75. The number of carbonyl (C=O) groups excluding carboxylic acids is 1. The normalized spacial score (nSPS) is 11.6. The summed E-state index contributed by atoms with van der Waals surface area (Å²) in [5.74, 6) is 1.61. The van der Waals surface area contributed by atoms with E-state index in [1.165, 1.54) is 4.90 Å². The van der Waals surface area contributed by atoms with Gasteiger partial charge < -0.3 is 9.42 Å². The third-order valence-corrected chi connectivity index (χ3v) is 2.91. The van der Waals surface area contributed by atoms with Gasteiger partial charge in [-0.1, -0.05) is 46.4 Å². The van der Waals surface area contributed by atoms with Crippen molar-refractivity contribution in [2.75, 3.05) is 12.4 Å². The van der Waals surface area contributed by atoms with Crippen molar-refractivity contribution in [3.8, 4) is 0 Å². The third-order valence-electron chi connectivity index (χ3n) is 2.91. The molecule has 1 aromatic heterocycles. The van der Waals surface area contributed by atoms with E-state index in [0.717, 1.165) is 17.9 Å². The number of hydrogen-bond donors (Lipinski definition) is 1. The molecular formula is C15H25N3O2. The van der Waals surface area contributed by atoms with Crippen LogP contribution in [-0.4, -0.2) is 23.1 Å². The fourth-order valence-corrected chi connectivity index (χ4v) is 1.63. The maximum Gasteiger partial charge on any atom is 0.327 e. The van der Waals surface area contributed by atoms with Gasteiger partial charge >= 0.3 is 6.03 Å². The molecule has 1 heterocycles. The number of hydrogen-bond acceptors (Lipinski definition) is 3. The van der Waals surface area contributed by atoms with E-state index >= 15 is 0 Å². The molecule has 1 N–H and O–H groups in total. The predicted molar refractivity (Wildman–Crippen MR) is 80.6 cm³/mol. The summed E-state index contributed by atoms with van der Waals surface area (Å²) in [7, 11) is 1.70. The van der Waals surface area contributed by atoms with Crippen LogP contribution in [-0.2, 0) is 5.41 Å². The van der Waals surface area contributed by atoms with Gasteiger partial charge in [0.25, 0.3) is 0 Å². The summed E-state index contributed by atoms with van der Waals surface area (Å²) in [6, 6.07) is 1.49. The van der Waals surface area contributed by atoms with Gasteiger partial charge in [-0.05, 0) is 12.3 Å². The van der Waals surface area contributed by atoms with Crippen molar-refractivity contribution in [1.29, 1.82) is 0 Å². The molecule has 2 amide bonds. The smallest absolute Gasteiger partial charge is 0.327 e. The van der Waals surface area contributed by atoms with Gasteiger partial charge in [0.15, 0.2) is 5.82 Å². The number of carbonyl (C=O) groups is 1. The van der Waals surface area contributed by atoms with Crippen molar-refractivity contribution >= 4 is 11.8 Å². The summed E-state index contributed by atoms with van der Waals surface area (Å²) >= 11 is 0. The van der Waals surface area contributed by atoms with Gasteiger partial charge in [0, 0.05) is 24.2 Å². The molecule has 0 radical (unpaired) electrons. The number of amides is 2.